The summed E-state index contributed by atoms with van der Waals surface area (Å²) in [6.07, 6.45) is 2.97. The van der Waals surface area contributed by atoms with Crippen LogP contribution in [0.1, 0.15) is 19.3 Å². The first-order valence-electron chi connectivity index (χ1n) is 6.40. The van der Waals surface area contributed by atoms with Crippen LogP contribution >= 0.6 is 23.4 Å². The smallest absolute Gasteiger partial charge is 0.224 e. The Morgan fingerprint density at radius 2 is 2.42 bits per heavy atom. The number of anilines is 1. The van der Waals surface area contributed by atoms with Crippen molar-refractivity contribution >= 4 is 35.0 Å². The van der Waals surface area contributed by atoms with Gasteiger partial charge in [0.25, 0.3) is 0 Å². The van der Waals surface area contributed by atoms with E-state index in [0.717, 1.165) is 17.9 Å². The Balaban J connectivity index is 1.89. The lowest BCUT2D eigenvalue weighted by molar-refractivity contribution is -0.117. The van der Waals surface area contributed by atoms with Gasteiger partial charge >= 0.3 is 0 Å². The largest absolute Gasteiger partial charge is 0.495 e. The van der Waals surface area contributed by atoms with Gasteiger partial charge in [0.2, 0.25) is 5.91 Å². The molecule has 104 valence electrons. The molecule has 1 N–H and O–H groups in total. The Morgan fingerprint density at radius 3 is 3.05 bits per heavy atom. The molecular weight excluding hydrogens is 282 g/mol. The summed E-state index contributed by atoms with van der Waals surface area (Å²) in [6, 6.07) is 5.28. The molecule has 1 heterocycles. The second-order valence-corrected chi connectivity index (χ2v) is 6.24. The molecule has 0 saturated carbocycles. The van der Waals surface area contributed by atoms with E-state index in [9.17, 15) is 4.79 Å². The second-order valence-electron chi connectivity index (χ2n) is 4.68. The summed E-state index contributed by atoms with van der Waals surface area (Å²) in [6.45, 7) is 0. The van der Waals surface area contributed by atoms with Crippen LogP contribution in [0.15, 0.2) is 18.2 Å². The standard InChI is InChI=1S/C14H18ClNO2S/c1-18-13-5-4-11(8-12(13)15)16-14(17)7-10-3-2-6-19-9-10/h4-5,8,10H,2-3,6-7,9H2,1H3,(H,16,17). The Kier molecular flexibility index (Phi) is 5.40. The van der Waals surface area contributed by atoms with Gasteiger partial charge in [-0.15, -0.1) is 0 Å². The maximum Gasteiger partial charge on any atom is 0.224 e. The topological polar surface area (TPSA) is 38.3 Å². The monoisotopic (exact) mass is 299 g/mol. The van der Waals surface area contributed by atoms with E-state index in [4.69, 9.17) is 16.3 Å². The predicted octanol–water partition coefficient (Wildman–Crippen LogP) is 3.82. The molecule has 0 aromatic heterocycles. The summed E-state index contributed by atoms with van der Waals surface area (Å²) >= 11 is 7.97. The minimum Gasteiger partial charge on any atom is -0.495 e. The van der Waals surface area contributed by atoms with E-state index in [1.54, 1.807) is 25.3 Å². The zero-order valence-electron chi connectivity index (χ0n) is 10.9. The van der Waals surface area contributed by atoms with Gasteiger partial charge in [-0.1, -0.05) is 11.6 Å². The van der Waals surface area contributed by atoms with Crippen LogP contribution < -0.4 is 10.1 Å². The molecule has 2 rings (SSSR count). The molecule has 1 amide bonds. The predicted molar refractivity (Wildman–Crippen MR) is 81.3 cm³/mol. The molecule has 1 unspecified atom stereocenters. The van der Waals surface area contributed by atoms with E-state index in [1.165, 1.54) is 12.2 Å². The third-order valence-corrected chi connectivity index (χ3v) is 4.74. The highest BCUT2D eigenvalue weighted by Gasteiger charge is 2.17. The summed E-state index contributed by atoms with van der Waals surface area (Å²) < 4.78 is 5.08. The van der Waals surface area contributed by atoms with Gasteiger partial charge in [-0.3, -0.25) is 4.79 Å². The number of halogens is 1. The maximum absolute atomic E-state index is 12.0. The fourth-order valence-corrected chi connectivity index (χ4v) is 3.60. The Hall–Kier alpha value is -0.870. The normalized spacial score (nSPS) is 18.9. The highest BCUT2D eigenvalue weighted by atomic mass is 35.5. The second kappa shape index (κ2) is 7.06. The lowest BCUT2D eigenvalue weighted by Gasteiger charge is -2.20. The van der Waals surface area contributed by atoms with E-state index < -0.39 is 0 Å². The number of thioether (sulfide) groups is 1. The van der Waals surface area contributed by atoms with Crippen molar-refractivity contribution < 1.29 is 9.53 Å². The third kappa shape index (κ3) is 4.32. The molecule has 1 fully saturated rings. The van der Waals surface area contributed by atoms with Gasteiger partial charge in [-0.25, -0.2) is 0 Å². The molecule has 0 spiro atoms. The number of ether oxygens (including phenoxy) is 1. The fraction of sp³-hybridized carbons (Fsp3) is 0.500. The van der Waals surface area contributed by atoms with Crippen LogP contribution in [0.4, 0.5) is 5.69 Å². The summed E-state index contributed by atoms with van der Waals surface area (Å²) in [4.78, 5) is 12.0. The van der Waals surface area contributed by atoms with Gasteiger partial charge in [0.15, 0.2) is 0 Å². The minimum atomic E-state index is 0.0636. The van der Waals surface area contributed by atoms with E-state index in [2.05, 4.69) is 5.32 Å². The first-order valence-corrected chi connectivity index (χ1v) is 7.93. The first kappa shape index (κ1) is 14.5. The van der Waals surface area contributed by atoms with E-state index in [1.807, 2.05) is 11.8 Å². The Labute approximate surface area is 123 Å². The lowest BCUT2D eigenvalue weighted by Crippen LogP contribution is -2.20. The number of methoxy groups -OCH3 is 1. The van der Waals surface area contributed by atoms with Crippen molar-refractivity contribution in [3.8, 4) is 5.75 Å². The number of carbonyl (C=O) groups excluding carboxylic acids is 1. The van der Waals surface area contributed by atoms with Crippen LogP contribution in [-0.4, -0.2) is 24.5 Å². The van der Waals surface area contributed by atoms with Crippen molar-refractivity contribution in [2.24, 2.45) is 5.92 Å². The molecule has 1 aliphatic heterocycles. The average Bonchev–Trinajstić information content (AvgIpc) is 2.40. The quantitative estimate of drug-likeness (QED) is 0.918. The molecule has 0 bridgehead atoms. The number of amides is 1. The van der Waals surface area contributed by atoms with Crippen molar-refractivity contribution in [2.75, 3.05) is 23.9 Å². The number of carbonyl (C=O) groups is 1. The fourth-order valence-electron chi connectivity index (χ4n) is 2.19. The number of benzene rings is 1. The van der Waals surface area contributed by atoms with Gasteiger partial charge in [0.1, 0.15) is 5.75 Å². The molecule has 1 aliphatic rings. The molecule has 19 heavy (non-hydrogen) atoms. The Morgan fingerprint density at radius 1 is 1.58 bits per heavy atom. The summed E-state index contributed by atoms with van der Waals surface area (Å²) in [7, 11) is 1.57. The summed E-state index contributed by atoms with van der Waals surface area (Å²) in [5, 5.41) is 3.40. The molecule has 1 saturated heterocycles. The molecule has 1 aromatic rings. The van der Waals surface area contributed by atoms with Gasteiger partial charge in [0.05, 0.1) is 12.1 Å². The van der Waals surface area contributed by atoms with Crippen LogP contribution in [0.5, 0.6) is 5.75 Å². The molecule has 5 heteroatoms. The van der Waals surface area contributed by atoms with Crippen molar-refractivity contribution in [1.29, 1.82) is 0 Å². The number of nitrogens with one attached hydrogen (secondary N) is 1. The van der Waals surface area contributed by atoms with Crippen LogP contribution in [0.3, 0.4) is 0 Å². The van der Waals surface area contributed by atoms with Crippen molar-refractivity contribution in [3.05, 3.63) is 23.2 Å². The summed E-state index contributed by atoms with van der Waals surface area (Å²) in [5.41, 5.74) is 0.722. The molecule has 1 atom stereocenters. The van der Waals surface area contributed by atoms with Crippen molar-refractivity contribution in [3.63, 3.8) is 0 Å². The minimum absolute atomic E-state index is 0.0636. The van der Waals surface area contributed by atoms with Gasteiger partial charge < -0.3 is 10.1 Å². The van der Waals surface area contributed by atoms with Crippen molar-refractivity contribution in [2.45, 2.75) is 19.3 Å². The van der Waals surface area contributed by atoms with Crippen LogP contribution in [0.2, 0.25) is 5.02 Å². The van der Waals surface area contributed by atoms with E-state index in [0.29, 0.717) is 23.1 Å². The zero-order chi connectivity index (χ0) is 13.7. The number of hydrogen-bond donors (Lipinski definition) is 1. The van der Waals surface area contributed by atoms with Gasteiger partial charge in [0, 0.05) is 12.1 Å². The van der Waals surface area contributed by atoms with E-state index >= 15 is 0 Å². The lowest BCUT2D eigenvalue weighted by atomic mass is 10.0. The Bertz CT molecular complexity index is 447. The highest BCUT2D eigenvalue weighted by Crippen LogP contribution is 2.28. The maximum atomic E-state index is 12.0. The van der Waals surface area contributed by atoms with Crippen LogP contribution in [-0.2, 0) is 4.79 Å². The van der Waals surface area contributed by atoms with Crippen LogP contribution in [0.25, 0.3) is 0 Å². The molecular formula is C14H18ClNO2S. The van der Waals surface area contributed by atoms with Gasteiger partial charge in [-0.2, -0.15) is 11.8 Å². The van der Waals surface area contributed by atoms with Gasteiger partial charge in [-0.05, 0) is 48.5 Å². The molecule has 1 aromatic carbocycles. The SMILES string of the molecule is COc1ccc(NC(=O)CC2CCCSC2)cc1Cl. The zero-order valence-corrected chi connectivity index (χ0v) is 12.5. The molecule has 0 aliphatic carbocycles. The van der Waals surface area contributed by atoms with Crippen molar-refractivity contribution in [1.82, 2.24) is 0 Å². The third-order valence-electron chi connectivity index (χ3n) is 3.16. The van der Waals surface area contributed by atoms with Crippen LogP contribution in [0, 0.1) is 5.92 Å². The number of rotatable bonds is 4. The molecule has 0 radical (unpaired) electrons. The summed E-state index contributed by atoms with van der Waals surface area (Å²) in [5.74, 6) is 3.51. The average molecular weight is 300 g/mol. The first-order chi connectivity index (χ1) is 9.19. The van der Waals surface area contributed by atoms with E-state index in [-0.39, 0.29) is 5.91 Å². The number of hydrogen-bond acceptors (Lipinski definition) is 3. The highest BCUT2D eigenvalue weighted by molar-refractivity contribution is 7.99. The molecule has 3 nitrogen and oxygen atoms in total.